The Morgan fingerprint density at radius 2 is 2.02 bits per heavy atom. The average molecular weight is 619 g/mol. The number of nitrogens with zero attached hydrogens (tertiary/aromatic N) is 7. The van der Waals surface area contributed by atoms with E-state index in [1.54, 1.807) is 0 Å². The van der Waals surface area contributed by atoms with Crippen LogP contribution in [0.2, 0.25) is 0 Å². The van der Waals surface area contributed by atoms with E-state index < -0.39 is 35.6 Å². The van der Waals surface area contributed by atoms with Crippen molar-refractivity contribution in [3.05, 3.63) is 58.0 Å². The molecule has 0 saturated carbocycles. The number of rotatable bonds is 7. The van der Waals surface area contributed by atoms with Crippen LogP contribution in [0.3, 0.4) is 0 Å². The Morgan fingerprint density at radius 1 is 1.25 bits per heavy atom. The Kier molecular flexibility index (Phi) is 8.94. The van der Waals surface area contributed by atoms with Crippen molar-refractivity contribution < 1.29 is 31.8 Å². The van der Waals surface area contributed by atoms with Gasteiger partial charge in [-0.1, -0.05) is 6.58 Å². The molecule has 5 rings (SSSR count). The maximum Gasteiger partial charge on any atom is 0.418 e. The zero-order valence-electron chi connectivity index (χ0n) is 24.5. The minimum absolute atomic E-state index is 0.0465. The summed E-state index contributed by atoms with van der Waals surface area (Å²) in [5.74, 6) is -1.60. The standard InChI is InChI=1S/C29H34F4N8O3/c1-16-10-23(34)37-25(24(16)29(31,32)33)22-11-21-20(15-43-22)26(38-28(36-21)44-14-18-6-5-7-39(18)4)40-8-9-41(27(42)17(2)30)19(13-40)12-35-3/h10,18-19,22H,2,5-9,11-15H2,1,4H3,(H2,34,37)/t18-,19-,22?/m1/s1. The number of piperazine rings is 1. The number of anilines is 2. The number of fused-ring (bicyclic) bond motifs is 1. The quantitative estimate of drug-likeness (QED) is 0.283. The second kappa shape index (κ2) is 12.5. The highest BCUT2D eigenvalue weighted by Crippen LogP contribution is 2.42. The zero-order chi connectivity index (χ0) is 31.8. The second-order valence-corrected chi connectivity index (χ2v) is 11.3. The fourth-order valence-corrected chi connectivity index (χ4v) is 6.15. The van der Waals surface area contributed by atoms with Gasteiger partial charge in [0, 0.05) is 37.7 Å². The third kappa shape index (κ3) is 6.41. The van der Waals surface area contributed by atoms with Crippen molar-refractivity contribution in [2.75, 3.05) is 57.0 Å². The van der Waals surface area contributed by atoms with Crippen molar-refractivity contribution in [1.29, 1.82) is 0 Å². The molecule has 2 aromatic heterocycles. The molecule has 11 nitrogen and oxygen atoms in total. The van der Waals surface area contributed by atoms with Gasteiger partial charge in [-0.2, -0.15) is 23.1 Å². The van der Waals surface area contributed by atoms with Gasteiger partial charge in [0.05, 0.1) is 23.6 Å². The van der Waals surface area contributed by atoms with Crippen LogP contribution in [0, 0.1) is 13.5 Å². The summed E-state index contributed by atoms with van der Waals surface area (Å²) in [7, 11) is 2.01. The van der Waals surface area contributed by atoms with Gasteiger partial charge in [0.15, 0.2) is 5.83 Å². The molecule has 0 spiro atoms. The molecular formula is C29H34F4N8O3. The third-order valence-corrected chi connectivity index (χ3v) is 8.36. The smallest absolute Gasteiger partial charge is 0.418 e. The normalized spacial score (nSPS) is 22.4. The molecule has 0 radical (unpaired) electrons. The monoisotopic (exact) mass is 618 g/mol. The van der Waals surface area contributed by atoms with Gasteiger partial charge in [-0.15, -0.1) is 0 Å². The molecule has 3 atom stereocenters. The molecule has 2 fully saturated rings. The summed E-state index contributed by atoms with van der Waals surface area (Å²) >= 11 is 0. The lowest BCUT2D eigenvalue weighted by Crippen LogP contribution is -2.57. The number of likely N-dealkylation sites (tertiary alicyclic amines) is 1. The van der Waals surface area contributed by atoms with Gasteiger partial charge >= 0.3 is 12.2 Å². The summed E-state index contributed by atoms with van der Waals surface area (Å²) in [5.41, 5.74) is 5.57. The number of carbonyl (C=O) groups is 1. The maximum absolute atomic E-state index is 14.1. The van der Waals surface area contributed by atoms with Gasteiger partial charge in [-0.3, -0.25) is 4.79 Å². The zero-order valence-corrected chi connectivity index (χ0v) is 24.5. The highest BCUT2D eigenvalue weighted by atomic mass is 19.4. The van der Waals surface area contributed by atoms with Crippen LogP contribution in [0.25, 0.3) is 4.85 Å². The van der Waals surface area contributed by atoms with Crippen LogP contribution in [0.5, 0.6) is 6.01 Å². The number of pyridine rings is 1. The van der Waals surface area contributed by atoms with E-state index in [1.807, 2.05) is 11.9 Å². The maximum atomic E-state index is 14.1. The number of likely N-dealkylation sites (N-methyl/N-ethyl adjacent to an activating group) is 1. The molecular weight excluding hydrogens is 584 g/mol. The van der Waals surface area contributed by atoms with Crippen molar-refractivity contribution in [2.45, 2.75) is 57.2 Å². The fraction of sp³-hybridized carbons (Fsp3) is 0.552. The SMILES string of the molecule is [C-]#[N+]C[C@@H]1CN(c2nc(OC[C@H]3CCCN3C)nc3c2COC(c2nc(N)cc(C)c2C(F)(F)F)C3)CCN1C(=O)C(=C)F. The van der Waals surface area contributed by atoms with Gasteiger partial charge in [0.1, 0.15) is 30.4 Å². The van der Waals surface area contributed by atoms with Gasteiger partial charge < -0.3 is 34.8 Å². The highest BCUT2D eigenvalue weighted by molar-refractivity contribution is 5.91. The van der Waals surface area contributed by atoms with E-state index in [-0.39, 0.29) is 68.3 Å². The van der Waals surface area contributed by atoms with Crippen LogP contribution in [-0.2, 0) is 28.7 Å². The molecule has 2 saturated heterocycles. The molecule has 0 bridgehead atoms. The molecule has 2 aromatic rings. The molecule has 15 heteroatoms. The Bertz CT molecular complexity index is 1480. The van der Waals surface area contributed by atoms with E-state index in [9.17, 15) is 22.4 Å². The Hall–Kier alpha value is -4.03. The molecule has 1 amide bonds. The number of carbonyl (C=O) groups excluding carboxylic acids is 1. The van der Waals surface area contributed by atoms with Crippen LogP contribution in [0.1, 0.15) is 47.0 Å². The second-order valence-electron chi connectivity index (χ2n) is 11.3. The Labute approximate surface area is 252 Å². The number of amides is 1. The fourth-order valence-electron chi connectivity index (χ4n) is 6.15. The first-order valence-electron chi connectivity index (χ1n) is 14.3. The topological polar surface area (TPSA) is 114 Å². The van der Waals surface area contributed by atoms with Crippen LogP contribution in [0.4, 0.5) is 29.2 Å². The first-order chi connectivity index (χ1) is 20.9. The average Bonchev–Trinajstić information content (AvgIpc) is 3.38. The number of aryl methyl sites for hydroxylation is 1. The lowest BCUT2D eigenvalue weighted by Gasteiger charge is -2.40. The lowest BCUT2D eigenvalue weighted by atomic mass is 9.96. The number of hydrogen-bond donors (Lipinski definition) is 1. The molecule has 3 aliphatic heterocycles. The van der Waals surface area contributed by atoms with Crippen molar-refractivity contribution in [1.82, 2.24) is 24.8 Å². The van der Waals surface area contributed by atoms with E-state index in [1.165, 1.54) is 17.9 Å². The van der Waals surface area contributed by atoms with Gasteiger partial charge in [0.2, 0.25) is 6.54 Å². The van der Waals surface area contributed by atoms with E-state index >= 15 is 0 Å². The Balaban J connectivity index is 1.50. The first kappa shape index (κ1) is 31.4. The number of hydrogen-bond acceptors (Lipinski definition) is 9. The number of ether oxygens (including phenoxy) is 2. The molecule has 3 aliphatic rings. The van der Waals surface area contributed by atoms with E-state index in [0.29, 0.717) is 23.7 Å². The molecule has 44 heavy (non-hydrogen) atoms. The number of alkyl halides is 3. The predicted octanol–water partition coefficient (Wildman–Crippen LogP) is 3.49. The summed E-state index contributed by atoms with van der Waals surface area (Å²) < 4.78 is 68.1. The lowest BCUT2D eigenvalue weighted by molar-refractivity contribution is -0.140. The highest BCUT2D eigenvalue weighted by Gasteiger charge is 2.41. The van der Waals surface area contributed by atoms with Crippen molar-refractivity contribution in [3.63, 3.8) is 0 Å². The van der Waals surface area contributed by atoms with Gasteiger partial charge in [0.25, 0.3) is 5.91 Å². The minimum atomic E-state index is -4.68. The van der Waals surface area contributed by atoms with Gasteiger partial charge in [-0.25, -0.2) is 15.9 Å². The number of nitrogen functional groups attached to an aromatic ring is 1. The third-order valence-electron chi connectivity index (χ3n) is 8.36. The van der Waals surface area contributed by atoms with Crippen molar-refractivity contribution in [2.24, 2.45) is 0 Å². The van der Waals surface area contributed by atoms with Crippen LogP contribution in [-0.4, -0.2) is 89.1 Å². The molecule has 2 N–H and O–H groups in total. The van der Waals surface area contributed by atoms with E-state index in [2.05, 4.69) is 31.3 Å². The van der Waals surface area contributed by atoms with Crippen LogP contribution in [0.15, 0.2) is 18.5 Å². The van der Waals surface area contributed by atoms with Crippen molar-refractivity contribution in [3.8, 4) is 6.01 Å². The first-order valence-corrected chi connectivity index (χ1v) is 14.3. The van der Waals surface area contributed by atoms with Crippen molar-refractivity contribution >= 4 is 17.5 Å². The van der Waals surface area contributed by atoms with E-state index in [4.69, 9.17) is 21.8 Å². The summed E-state index contributed by atoms with van der Waals surface area (Å²) in [5, 5.41) is 0. The van der Waals surface area contributed by atoms with Gasteiger partial charge in [-0.05, 0) is 45.0 Å². The predicted molar refractivity (Wildman–Crippen MR) is 152 cm³/mol. The van der Waals surface area contributed by atoms with Crippen LogP contribution < -0.4 is 15.4 Å². The Morgan fingerprint density at radius 3 is 2.68 bits per heavy atom. The molecule has 1 unspecified atom stereocenters. The van der Waals surface area contributed by atoms with Crippen LogP contribution >= 0.6 is 0 Å². The number of nitrogens with two attached hydrogens (primary N) is 1. The molecule has 236 valence electrons. The summed E-state index contributed by atoms with van der Waals surface area (Å²) in [6.07, 6.45) is -3.83. The number of aromatic nitrogens is 3. The number of halogens is 4. The van der Waals surface area contributed by atoms with E-state index in [0.717, 1.165) is 19.4 Å². The minimum Gasteiger partial charge on any atom is -0.462 e. The summed E-state index contributed by atoms with van der Waals surface area (Å²) in [4.78, 5) is 34.5. The largest absolute Gasteiger partial charge is 0.462 e. The summed E-state index contributed by atoms with van der Waals surface area (Å²) in [6, 6.07) is 0.756. The molecule has 0 aliphatic carbocycles. The molecule has 0 aromatic carbocycles. The molecule has 5 heterocycles. The summed E-state index contributed by atoms with van der Waals surface area (Å²) in [6.45, 7) is 13.4.